The Hall–Kier alpha value is -2.38. The monoisotopic (exact) mass is 390 g/mol. The van der Waals surface area contributed by atoms with Crippen LogP contribution in [0.2, 0.25) is 10.0 Å². The minimum Gasteiger partial charge on any atom is -0.352 e. The number of aromatic nitrogens is 4. The zero-order chi connectivity index (χ0) is 18.1. The predicted octanol–water partition coefficient (Wildman–Crippen LogP) is 2.32. The number of rotatable bonds is 3. The van der Waals surface area contributed by atoms with Crippen LogP contribution in [0.25, 0.3) is 5.65 Å². The van der Waals surface area contributed by atoms with Gasteiger partial charge in [0, 0.05) is 36.2 Å². The maximum absolute atomic E-state index is 12.6. The summed E-state index contributed by atoms with van der Waals surface area (Å²) in [5.74, 6) is 0.901. The summed E-state index contributed by atoms with van der Waals surface area (Å²) < 4.78 is 1.65. The molecule has 0 unspecified atom stereocenters. The molecule has 26 heavy (non-hydrogen) atoms. The summed E-state index contributed by atoms with van der Waals surface area (Å²) >= 11 is 12.2. The summed E-state index contributed by atoms with van der Waals surface area (Å²) in [6.07, 6.45) is 1.83. The zero-order valence-corrected chi connectivity index (χ0v) is 15.4. The highest BCUT2D eigenvalue weighted by Crippen LogP contribution is 2.22. The molecule has 0 radical (unpaired) electrons. The summed E-state index contributed by atoms with van der Waals surface area (Å²) in [6.45, 7) is 2.71. The molecule has 1 saturated heterocycles. The zero-order valence-electron chi connectivity index (χ0n) is 13.8. The maximum atomic E-state index is 12.6. The third-order valence-corrected chi connectivity index (χ3v) is 5.06. The fourth-order valence-corrected chi connectivity index (χ4v) is 3.40. The van der Waals surface area contributed by atoms with Crippen LogP contribution in [0.5, 0.6) is 0 Å². The van der Waals surface area contributed by atoms with Crippen molar-refractivity contribution in [3.8, 4) is 0 Å². The summed E-state index contributed by atoms with van der Waals surface area (Å²) in [6, 6.07) is 8.99. The van der Waals surface area contributed by atoms with Gasteiger partial charge in [-0.3, -0.25) is 4.79 Å². The Kier molecular flexibility index (Phi) is 4.65. The van der Waals surface area contributed by atoms with Gasteiger partial charge in [-0.1, -0.05) is 23.2 Å². The van der Waals surface area contributed by atoms with Gasteiger partial charge in [-0.25, -0.2) is 0 Å². The molecule has 0 atom stereocenters. The lowest BCUT2D eigenvalue weighted by Gasteiger charge is -2.35. The number of hydrogen-bond donors (Lipinski definition) is 0. The standard InChI is InChI=1S/C17H16Cl2N6O/c18-13-1-2-14(19)12(9-13)10-17(26)24-7-5-23(6-8-24)16-4-3-15-21-20-11-25(15)22-16/h1-4,9,11H,5-8,10H2. The predicted molar refractivity (Wildman–Crippen MR) is 99.7 cm³/mol. The summed E-state index contributed by atoms with van der Waals surface area (Å²) in [7, 11) is 0. The van der Waals surface area contributed by atoms with Gasteiger partial charge < -0.3 is 9.80 Å². The van der Waals surface area contributed by atoms with Crippen molar-refractivity contribution in [3.63, 3.8) is 0 Å². The molecule has 0 N–H and O–H groups in total. The van der Waals surface area contributed by atoms with E-state index in [9.17, 15) is 4.79 Å². The Balaban J connectivity index is 1.39. The molecule has 0 bridgehead atoms. The molecule has 0 aliphatic carbocycles. The van der Waals surface area contributed by atoms with Crippen LogP contribution in [-0.2, 0) is 11.2 Å². The van der Waals surface area contributed by atoms with Crippen LogP contribution in [0.1, 0.15) is 5.56 Å². The summed E-state index contributed by atoms with van der Waals surface area (Å²) in [5, 5.41) is 13.4. The second-order valence-electron chi connectivity index (χ2n) is 6.11. The van der Waals surface area contributed by atoms with Crippen LogP contribution in [0.4, 0.5) is 5.82 Å². The number of halogens is 2. The molecular weight excluding hydrogens is 375 g/mol. The largest absolute Gasteiger partial charge is 0.352 e. The van der Waals surface area contributed by atoms with Gasteiger partial charge in [-0.15, -0.1) is 15.3 Å². The molecular formula is C17H16Cl2N6O. The Morgan fingerprint density at radius 3 is 2.69 bits per heavy atom. The summed E-state index contributed by atoms with van der Waals surface area (Å²) in [5.41, 5.74) is 1.47. The van der Waals surface area contributed by atoms with Gasteiger partial charge in [-0.05, 0) is 35.9 Å². The number of hydrogen-bond acceptors (Lipinski definition) is 5. The van der Waals surface area contributed by atoms with E-state index >= 15 is 0 Å². The van der Waals surface area contributed by atoms with Crippen molar-refractivity contribution in [1.82, 2.24) is 24.7 Å². The van der Waals surface area contributed by atoms with E-state index in [1.807, 2.05) is 17.0 Å². The molecule has 0 saturated carbocycles. The van der Waals surface area contributed by atoms with Crippen LogP contribution in [0.3, 0.4) is 0 Å². The third-order valence-electron chi connectivity index (χ3n) is 4.45. The Labute approximate surface area is 160 Å². The van der Waals surface area contributed by atoms with Gasteiger partial charge in [0.25, 0.3) is 0 Å². The summed E-state index contributed by atoms with van der Waals surface area (Å²) in [4.78, 5) is 16.6. The van der Waals surface area contributed by atoms with Crippen molar-refractivity contribution < 1.29 is 4.79 Å². The average Bonchev–Trinajstić information content (AvgIpc) is 3.12. The second kappa shape index (κ2) is 7.09. The quantitative estimate of drug-likeness (QED) is 0.686. The number of piperazine rings is 1. The van der Waals surface area contributed by atoms with E-state index in [0.717, 1.165) is 24.5 Å². The molecule has 1 fully saturated rings. The van der Waals surface area contributed by atoms with Crippen molar-refractivity contribution in [1.29, 1.82) is 0 Å². The number of nitrogens with zero attached hydrogens (tertiary/aromatic N) is 6. The van der Waals surface area contributed by atoms with Gasteiger partial charge in [0.2, 0.25) is 5.91 Å². The van der Waals surface area contributed by atoms with E-state index in [1.165, 1.54) is 0 Å². The second-order valence-corrected chi connectivity index (χ2v) is 6.95. The highest BCUT2D eigenvalue weighted by Gasteiger charge is 2.23. The van der Waals surface area contributed by atoms with Crippen molar-refractivity contribution >= 4 is 40.6 Å². The Morgan fingerprint density at radius 1 is 1.08 bits per heavy atom. The van der Waals surface area contributed by atoms with Crippen molar-refractivity contribution in [2.24, 2.45) is 0 Å². The number of benzene rings is 1. The fraction of sp³-hybridized carbons (Fsp3) is 0.294. The molecule has 0 spiro atoms. The molecule has 7 nitrogen and oxygen atoms in total. The SMILES string of the molecule is O=C(Cc1cc(Cl)ccc1Cl)N1CCN(c2ccc3nncn3n2)CC1. The first-order valence-electron chi connectivity index (χ1n) is 8.24. The topological polar surface area (TPSA) is 66.6 Å². The first-order chi connectivity index (χ1) is 12.6. The molecule has 9 heteroatoms. The minimum atomic E-state index is 0.0519. The number of carbonyl (C=O) groups excluding carboxylic acids is 1. The molecule has 1 aromatic carbocycles. The average molecular weight is 391 g/mol. The van der Waals surface area contributed by atoms with Crippen LogP contribution in [0.15, 0.2) is 36.7 Å². The van der Waals surface area contributed by atoms with Gasteiger partial charge in [0.1, 0.15) is 12.1 Å². The molecule has 3 heterocycles. The van der Waals surface area contributed by atoms with E-state index in [1.54, 1.807) is 29.0 Å². The van der Waals surface area contributed by atoms with E-state index in [-0.39, 0.29) is 12.3 Å². The molecule has 134 valence electrons. The first-order valence-corrected chi connectivity index (χ1v) is 8.99. The van der Waals surface area contributed by atoms with Crippen molar-refractivity contribution in [2.45, 2.75) is 6.42 Å². The van der Waals surface area contributed by atoms with E-state index in [2.05, 4.69) is 20.2 Å². The van der Waals surface area contributed by atoms with Crippen LogP contribution >= 0.6 is 23.2 Å². The number of fused-ring (bicyclic) bond motifs is 1. The smallest absolute Gasteiger partial charge is 0.227 e. The van der Waals surface area contributed by atoms with Crippen LogP contribution in [-0.4, -0.2) is 56.8 Å². The van der Waals surface area contributed by atoms with Crippen molar-refractivity contribution in [2.75, 3.05) is 31.1 Å². The first kappa shape index (κ1) is 17.1. The Bertz CT molecular complexity index is 951. The highest BCUT2D eigenvalue weighted by atomic mass is 35.5. The highest BCUT2D eigenvalue weighted by molar-refractivity contribution is 6.33. The van der Waals surface area contributed by atoms with Crippen LogP contribution < -0.4 is 4.90 Å². The van der Waals surface area contributed by atoms with E-state index in [0.29, 0.717) is 28.8 Å². The van der Waals surface area contributed by atoms with Gasteiger partial charge in [0.15, 0.2) is 5.65 Å². The molecule has 1 aliphatic rings. The van der Waals surface area contributed by atoms with Crippen LogP contribution in [0, 0.1) is 0 Å². The molecule has 3 aromatic rings. The fourth-order valence-electron chi connectivity index (χ4n) is 3.03. The number of amides is 1. The van der Waals surface area contributed by atoms with Gasteiger partial charge in [-0.2, -0.15) is 4.52 Å². The lowest BCUT2D eigenvalue weighted by atomic mass is 10.1. The number of carbonyl (C=O) groups is 1. The van der Waals surface area contributed by atoms with Gasteiger partial charge >= 0.3 is 0 Å². The van der Waals surface area contributed by atoms with Crippen molar-refractivity contribution in [3.05, 3.63) is 52.3 Å². The lowest BCUT2D eigenvalue weighted by molar-refractivity contribution is -0.130. The normalized spacial score (nSPS) is 14.8. The third kappa shape index (κ3) is 3.45. The van der Waals surface area contributed by atoms with E-state index in [4.69, 9.17) is 23.2 Å². The maximum Gasteiger partial charge on any atom is 0.227 e. The Morgan fingerprint density at radius 2 is 1.88 bits per heavy atom. The van der Waals surface area contributed by atoms with E-state index < -0.39 is 0 Å². The minimum absolute atomic E-state index is 0.0519. The lowest BCUT2D eigenvalue weighted by Crippen LogP contribution is -2.49. The molecule has 4 rings (SSSR count). The van der Waals surface area contributed by atoms with Gasteiger partial charge in [0.05, 0.1) is 6.42 Å². The molecule has 1 amide bonds. The molecule has 2 aromatic heterocycles. The molecule has 1 aliphatic heterocycles. The number of anilines is 1.